The van der Waals surface area contributed by atoms with Crippen molar-refractivity contribution in [1.82, 2.24) is 9.97 Å². The number of rotatable bonds is 9. The average Bonchev–Trinajstić information content (AvgIpc) is 2.88. The molecule has 7 nitrogen and oxygen atoms in total. The van der Waals surface area contributed by atoms with Crippen LogP contribution in [0, 0.1) is 10.1 Å². The molecule has 2 N–H and O–H groups in total. The summed E-state index contributed by atoms with van der Waals surface area (Å²) in [7, 11) is 0. The summed E-state index contributed by atoms with van der Waals surface area (Å²) in [6.07, 6.45) is 3.13. The number of hydrogen-bond acceptors (Lipinski definition) is 5. The van der Waals surface area contributed by atoms with Crippen molar-refractivity contribution in [2.45, 2.75) is 26.2 Å². The molecule has 0 amide bonds. The Morgan fingerprint density at radius 3 is 2.95 bits per heavy atom. The second-order valence-corrected chi connectivity index (χ2v) is 4.79. The summed E-state index contributed by atoms with van der Waals surface area (Å²) < 4.78 is 5.47. The zero-order valence-corrected chi connectivity index (χ0v) is 12.1. The van der Waals surface area contributed by atoms with Crippen molar-refractivity contribution in [3.63, 3.8) is 0 Å². The lowest BCUT2D eigenvalue weighted by molar-refractivity contribution is -0.384. The normalized spacial score (nSPS) is 10.9. The Hall–Kier alpha value is -2.15. The second kappa shape index (κ2) is 7.58. The number of benzene rings is 1. The molecule has 2 aromatic rings. The van der Waals surface area contributed by atoms with Gasteiger partial charge in [-0.25, -0.2) is 4.98 Å². The molecular formula is C14H20N4O3. The number of nitrogens with one attached hydrogen (secondary N) is 2. The third-order valence-electron chi connectivity index (χ3n) is 3.08. The predicted octanol–water partition coefficient (Wildman–Crippen LogP) is 3.09. The lowest BCUT2D eigenvalue weighted by Crippen LogP contribution is -2.07. The number of non-ortho nitro benzene ring substituents is 1. The molecule has 0 bridgehead atoms. The van der Waals surface area contributed by atoms with E-state index in [9.17, 15) is 10.1 Å². The molecule has 114 valence electrons. The fourth-order valence-corrected chi connectivity index (χ4v) is 1.92. The third-order valence-corrected chi connectivity index (χ3v) is 3.08. The van der Waals surface area contributed by atoms with Crippen molar-refractivity contribution in [3.8, 4) is 0 Å². The molecule has 0 atom stereocenters. The molecule has 1 heterocycles. The number of nitrogens with zero attached hydrogens (tertiary/aromatic N) is 2. The summed E-state index contributed by atoms with van der Waals surface area (Å²) in [5.74, 6) is 0.624. The van der Waals surface area contributed by atoms with Gasteiger partial charge in [-0.15, -0.1) is 0 Å². The summed E-state index contributed by atoms with van der Waals surface area (Å²) in [6, 6.07) is 4.58. The van der Waals surface area contributed by atoms with Gasteiger partial charge in [0, 0.05) is 31.9 Å². The van der Waals surface area contributed by atoms with Gasteiger partial charge in [0.2, 0.25) is 5.95 Å². The lowest BCUT2D eigenvalue weighted by atomic mass is 10.3. The Labute approximate surface area is 122 Å². The van der Waals surface area contributed by atoms with Crippen LogP contribution in [0.3, 0.4) is 0 Å². The Morgan fingerprint density at radius 2 is 2.19 bits per heavy atom. The SMILES string of the molecule is CCCCOCCCNc1nc2ccc([N+](=O)[O-])cc2[nH]1. The van der Waals surface area contributed by atoms with E-state index < -0.39 is 4.92 Å². The quantitative estimate of drug-likeness (QED) is 0.421. The zero-order valence-electron chi connectivity index (χ0n) is 12.1. The molecule has 0 unspecified atom stereocenters. The van der Waals surface area contributed by atoms with Crippen molar-refractivity contribution in [3.05, 3.63) is 28.3 Å². The van der Waals surface area contributed by atoms with E-state index in [0.29, 0.717) is 17.0 Å². The number of fused-ring (bicyclic) bond motifs is 1. The van der Waals surface area contributed by atoms with Crippen LogP contribution in [0.4, 0.5) is 11.6 Å². The largest absolute Gasteiger partial charge is 0.381 e. The number of nitro benzene ring substituents is 1. The number of aromatic nitrogens is 2. The van der Waals surface area contributed by atoms with Gasteiger partial charge in [-0.05, 0) is 18.9 Å². The minimum absolute atomic E-state index is 0.0574. The van der Waals surface area contributed by atoms with Crippen molar-refractivity contribution in [2.75, 3.05) is 25.1 Å². The number of aromatic amines is 1. The molecule has 0 radical (unpaired) electrons. The maximum Gasteiger partial charge on any atom is 0.271 e. The van der Waals surface area contributed by atoms with Crippen LogP contribution in [-0.4, -0.2) is 34.6 Å². The topological polar surface area (TPSA) is 93.1 Å². The summed E-state index contributed by atoms with van der Waals surface area (Å²) in [5, 5.41) is 13.9. The Kier molecular flexibility index (Phi) is 5.51. The number of H-pyrrole nitrogens is 1. The summed E-state index contributed by atoms with van der Waals surface area (Å²) in [4.78, 5) is 17.7. The van der Waals surface area contributed by atoms with Gasteiger partial charge < -0.3 is 15.0 Å². The highest BCUT2D eigenvalue weighted by Gasteiger charge is 2.09. The summed E-state index contributed by atoms with van der Waals surface area (Å²) in [6.45, 7) is 4.41. The van der Waals surface area contributed by atoms with Crippen molar-refractivity contribution < 1.29 is 9.66 Å². The molecule has 0 aliphatic heterocycles. The van der Waals surface area contributed by atoms with Crippen LogP contribution in [-0.2, 0) is 4.74 Å². The smallest absolute Gasteiger partial charge is 0.271 e. The van der Waals surface area contributed by atoms with Crippen LogP contribution in [0.5, 0.6) is 0 Å². The fraction of sp³-hybridized carbons (Fsp3) is 0.500. The van der Waals surface area contributed by atoms with Crippen LogP contribution >= 0.6 is 0 Å². The molecule has 1 aromatic heterocycles. The van der Waals surface area contributed by atoms with Crippen LogP contribution in [0.1, 0.15) is 26.2 Å². The molecular weight excluding hydrogens is 272 g/mol. The van der Waals surface area contributed by atoms with E-state index >= 15 is 0 Å². The minimum Gasteiger partial charge on any atom is -0.381 e. The van der Waals surface area contributed by atoms with E-state index in [1.165, 1.54) is 12.1 Å². The number of imidazole rings is 1. The molecule has 0 spiro atoms. The van der Waals surface area contributed by atoms with Gasteiger partial charge in [-0.1, -0.05) is 13.3 Å². The lowest BCUT2D eigenvalue weighted by Gasteiger charge is -2.04. The van der Waals surface area contributed by atoms with E-state index in [1.807, 2.05) is 0 Å². The maximum atomic E-state index is 10.7. The van der Waals surface area contributed by atoms with Crippen LogP contribution in [0.2, 0.25) is 0 Å². The van der Waals surface area contributed by atoms with E-state index in [-0.39, 0.29) is 5.69 Å². The number of unbranched alkanes of at least 4 members (excludes halogenated alkanes) is 1. The van der Waals surface area contributed by atoms with E-state index in [2.05, 4.69) is 22.2 Å². The Morgan fingerprint density at radius 1 is 1.38 bits per heavy atom. The summed E-state index contributed by atoms with van der Waals surface area (Å²) in [5.41, 5.74) is 1.43. The second-order valence-electron chi connectivity index (χ2n) is 4.79. The van der Waals surface area contributed by atoms with Crippen LogP contribution in [0.15, 0.2) is 18.2 Å². The highest BCUT2D eigenvalue weighted by molar-refractivity contribution is 5.79. The number of ether oxygens (including phenoxy) is 1. The molecule has 0 saturated heterocycles. The van der Waals surface area contributed by atoms with E-state index in [0.717, 1.165) is 39.0 Å². The van der Waals surface area contributed by atoms with Gasteiger partial charge in [0.05, 0.1) is 16.0 Å². The summed E-state index contributed by atoms with van der Waals surface area (Å²) >= 11 is 0. The van der Waals surface area contributed by atoms with Gasteiger partial charge in [0.25, 0.3) is 5.69 Å². The van der Waals surface area contributed by atoms with Gasteiger partial charge in [-0.3, -0.25) is 10.1 Å². The standard InChI is InChI=1S/C14H20N4O3/c1-2-3-8-21-9-4-7-15-14-16-12-6-5-11(18(19)20)10-13(12)17-14/h5-6,10H,2-4,7-9H2,1H3,(H2,15,16,17). The van der Waals surface area contributed by atoms with E-state index in [4.69, 9.17) is 4.74 Å². The first-order valence-electron chi connectivity index (χ1n) is 7.16. The molecule has 0 aliphatic carbocycles. The molecule has 1 aromatic carbocycles. The molecule has 2 rings (SSSR count). The Balaban J connectivity index is 1.81. The molecule has 7 heteroatoms. The van der Waals surface area contributed by atoms with Gasteiger partial charge in [0.15, 0.2) is 0 Å². The number of nitro groups is 1. The van der Waals surface area contributed by atoms with Crippen LogP contribution in [0.25, 0.3) is 11.0 Å². The average molecular weight is 292 g/mol. The highest BCUT2D eigenvalue weighted by atomic mass is 16.6. The highest BCUT2D eigenvalue weighted by Crippen LogP contribution is 2.20. The third kappa shape index (κ3) is 4.42. The number of anilines is 1. The monoisotopic (exact) mass is 292 g/mol. The molecule has 21 heavy (non-hydrogen) atoms. The fourth-order valence-electron chi connectivity index (χ4n) is 1.92. The van der Waals surface area contributed by atoms with Gasteiger partial charge in [-0.2, -0.15) is 0 Å². The predicted molar refractivity (Wildman–Crippen MR) is 81.6 cm³/mol. The van der Waals surface area contributed by atoms with Crippen molar-refractivity contribution in [2.24, 2.45) is 0 Å². The van der Waals surface area contributed by atoms with Gasteiger partial charge in [0.1, 0.15) is 0 Å². The van der Waals surface area contributed by atoms with Gasteiger partial charge >= 0.3 is 0 Å². The minimum atomic E-state index is -0.416. The van der Waals surface area contributed by atoms with E-state index in [1.54, 1.807) is 6.07 Å². The molecule has 0 fully saturated rings. The number of hydrogen-bond donors (Lipinski definition) is 2. The van der Waals surface area contributed by atoms with Crippen LogP contribution < -0.4 is 5.32 Å². The molecule has 0 saturated carbocycles. The van der Waals surface area contributed by atoms with Crippen molar-refractivity contribution >= 4 is 22.7 Å². The molecule has 0 aliphatic rings. The Bertz CT molecular complexity index is 597. The zero-order chi connectivity index (χ0) is 15.1. The van der Waals surface area contributed by atoms with Crippen molar-refractivity contribution in [1.29, 1.82) is 0 Å². The maximum absolute atomic E-state index is 10.7. The first-order valence-corrected chi connectivity index (χ1v) is 7.16. The first kappa shape index (κ1) is 15.2. The first-order chi connectivity index (χ1) is 10.2.